The SMILES string of the molecule is CCOC(=O)c1cc(C(=O)Nc2cc(-n3cccc3)ccc2F)cc([N+](=O)[O-])c1. The zero-order valence-corrected chi connectivity index (χ0v) is 15.3. The van der Waals surface area contributed by atoms with Crippen LogP contribution >= 0.6 is 0 Å². The van der Waals surface area contributed by atoms with Crippen LogP contribution in [0.25, 0.3) is 5.69 Å². The summed E-state index contributed by atoms with van der Waals surface area (Å²) >= 11 is 0. The second kappa shape index (κ2) is 8.34. The maximum absolute atomic E-state index is 14.2. The summed E-state index contributed by atoms with van der Waals surface area (Å²) in [7, 11) is 0. The Morgan fingerprint density at radius 3 is 2.48 bits per heavy atom. The lowest BCUT2D eigenvalue weighted by Gasteiger charge is -2.10. The monoisotopic (exact) mass is 397 g/mol. The molecule has 0 spiro atoms. The van der Waals surface area contributed by atoms with Gasteiger partial charge in [0.2, 0.25) is 0 Å². The van der Waals surface area contributed by atoms with Gasteiger partial charge in [0.1, 0.15) is 5.82 Å². The molecule has 0 radical (unpaired) electrons. The number of hydrogen-bond acceptors (Lipinski definition) is 5. The van der Waals surface area contributed by atoms with Gasteiger partial charge >= 0.3 is 5.97 Å². The summed E-state index contributed by atoms with van der Waals surface area (Å²) in [5.74, 6) is -2.28. The normalized spacial score (nSPS) is 10.4. The predicted molar refractivity (Wildman–Crippen MR) is 103 cm³/mol. The van der Waals surface area contributed by atoms with Gasteiger partial charge in [0.05, 0.1) is 22.8 Å². The highest BCUT2D eigenvalue weighted by molar-refractivity contribution is 6.06. The maximum atomic E-state index is 14.2. The molecular weight excluding hydrogens is 381 g/mol. The highest BCUT2D eigenvalue weighted by atomic mass is 19.1. The number of rotatable bonds is 6. The molecule has 0 saturated carbocycles. The van der Waals surface area contributed by atoms with Crippen molar-refractivity contribution in [2.24, 2.45) is 0 Å². The molecule has 2 aromatic carbocycles. The average Bonchev–Trinajstić information content (AvgIpc) is 3.24. The summed E-state index contributed by atoms with van der Waals surface area (Å²) < 4.78 is 20.8. The topological polar surface area (TPSA) is 103 Å². The second-order valence-corrected chi connectivity index (χ2v) is 5.95. The van der Waals surface area contributed by atoms with Gasteiger partial charge in [-0.25, -0.2) is 9.18 Å². The lowest BCUT2D eigenvalue weighted by molar-refractivity contribution is -0.384. The number of nitrogens with zero attached hydrogens (tertiary/aromatic N) is 2. The van der Waals surface area contributed by atoms with Crippen molar-refractivity contribution < 1.29 is 23.6 Å². The van der Waals surface area contributed by atoms with Crippen LogP contribution in [0, 0.1) is 15.9 Å². The Morgan fingerprint density at radius 2 is 1.83 bits per heavy atom. The van der Waals surface area contributed by atoms with Gasteiger partial charge in [0, 0.05) is 35.8 Å². The van der Waals surface area contributed by atoms with E-state index in [1.165, 1.54) is 18.2 Å². The molecule has 0 aliphatic heterocycles. The number of nitro groups is 1. The molecule has 1 heterocycles. The van der Waals surface area contributed by atoms with E-state index in [0.29, 0.717) is 5.69 Å². The molecule has 8 nitrogen and oxygen atoms in total. The van der Waals surface area contributed by atoms with Gasteiger partial charge in [-0.2, -0.15) is 0 Å². The van der Waals surface area contributed by atoms with Crippen molar-refractivity contribution in [3.8, 4) is 5.69 Å². The van der Waals surface area contributed by atoms with Gasteiger partial charge in [-0.3, -0.25) is 14.9 Å². The largest absolute Gasteiger partial charge is 0.462 e. The van der Waals surface area contributed by atoms with E-state index in [0.717, 1.165) is 18.2 Å². The van der Waals surface area contributed by atoms with E-state index < -0.39 is 28.3 Å². The fraction of sp³-hybridized carbons (Fsp3) is 0.100. The Kier molecular flexibility index (Phi) is 5.68. The molecule has 148 valence electrons. The summed E-state index contributed by atoms with van der Waals surface area (Å²) in [6, 6.07) is 10.9. The summed E-state index contributed by atoms with van der Waals surface area (Å²) in [6.07, 6.45) is 3.51. The van der Waals surface area contributed by atoms with Crippen molar-refractivity contribution >= 4 is 23.3 Å². The fourth-order valence-corrected chi connectivity index (χ4v) is 2.65. The van der Waals surface area contributed by atoms with Crippen LogP contribution in [0.3, 0.4) is 0 Å². The number of benzene rings is 2. The van der Waals surface area contributed by atoms with Gasteiger partial charge in [-0.15, -0.1) is 0 Å². The lowest BCUT2D eigenvalue weighted by Crippen LogP contribution is -2.15. The van der Waals surface area contributed by atoms with Crippen molar-refractivity contribution in [1.82, 2.24) is 4.57 Å². The number of carbonyl (C=O) groups excluding carboxylic acids is 2. The van der Waals surface area contributed by atoms with Crippen LogP contribution in [0.5, 0.6) is 0 Å². The minimum atomic E-state index is -0.803. The summed E-state index contributed by atoms with van der Waals surface area (Å²) in [5.41, 5.74) is -0.272. The highest BCUT2D eigenvalue weighted by Crippen LogP contribution is 2.22. The molecule has 0 aliphatic rings. The smallest absolute Gasteiger partial charge is 0.338 e. The third-order valence-corrected chi connectivity index (χ3v) is 4.00. The van der Waals surface area contributed by atoms with Gasteiger partial charge in [-0.1, -0.05) is 0 Å². The zero-order chi connectivity index (χ0) is 21.0. The zero-order valence-electron chi connectivity index (χ0n) is 15.3. The number of non-ortho nitro benzene ring substituents is 1. The minimum Gasteiger partial charge on any atom is -0.462 e. The molecule has 29 heavy (non-hydrogen) atoms. The Bertz CT molecular complexity index is 1080. The van der Waals surface area contributed by atoms with E-state index in [4.69, 9.17) is 4.74 Å². The Hall–Kier alpha value is -4.01. The molecule has 1 aromatic heterocycles. The van der Waals surface area contributed by atoms with E-state index in [9.17, 15) is 24.1 Å². The van der Waals surface area contributed by atoms with Crippen molar-refractivity contribution in [1.29, 1.82) is 0 Å². The molecule has 0 aliphatic carbocycles. The van der Waals surface area contributed by atoms with E-state index in [1.807, 2.05) is 0 Å². The fourth-order valence-electron chi connectivity index (χ4n) is 2.65. The summed E-state index contributed by atoms with van der Waals surface area (Å²) in [5, 5.41) is 13.5. The molecule has 3 rings (SSSR count). The van der Waals surface area contributed by atoms with Crippen molar-refractivity contribution in [2.75, 3.05) is 11.9 Å². The number of anilines is 1. The average molecular weight is 397 g/mol. The number of halogens is 1. The minimum absolute atomic E-state index is 0.0699. The summed E-state index contributed by atoms with van der Waals surface area (Å²) in [6.45, 7) is 1.66. The molecule has 3 aromatic rings. The first kappa shape index (κ1) is 19.7. The van der Waals surface area contributed by atoms with E-state index in [1.54, 1.807) is 36.0 Å². The van der Waals surface area contributed by atoms with Crippen LogP contribution < -0.4 is 5.32 Å². The van der Waals surface area contributed by atoms with Crippen LogP contribution in [0.15, 0.2) is 60.9 Å². The first-order valence-corrected chi connectivity index (χ1v) is 8.60. The first-order valence-electron chi connectivity index (χ1n) is 8.60. The molecule has 0 saturated heterocycles. The number of hydrogen-bond donors (Lipinski definition) is 1. The highest BCUT2D eigenvalue weighted by Gasteiger charge is 2.19. The van der Waals surface area contributed by atoms with Crippen LogP contribution in [0.2, 0.25) is 0 Å². The molecule has 0 bridgehead atoms. The number of amides is 1. The molecule has 1 amide bonds. The third kappa shape index (κ3) is 4.46. The molecule has 0 atom stereocenters. The quantitative estimate of drug-likeness (QED) is 0.385. The predicted octanol–water partition coefficient (Wildman–Crippen LogP) is 3.95. The van der Waals surface area contributed by atoms with Crippen LogP contribution in [0.4, 0.5) is 15.8 Å². The summed E-state index contributed by atoms with van der Waals surface area (Å²) in [4.78, 5) is 35.0. The van der Waals surface area contributed by atoms with E-state index >= 15 is 0 Å². The number of aromatic nitrogens is 1. The molecule has 0 unspecified atom stereocenters. The van der Waals surface area contributed by atoms with E-state index in [-0.39, 0.29) is 23.4 Å². The van der Waals surface area contributed by atoms with Gasteiger partial charge in [0.25, 0.3) is 11.6 Å². The third-order valence-electron chi connectivity index (χ3n) is 4.00. The molecule has 1 N–H and O–H groups in total. The van der Waals surface area contributed by atoms with Gasteiger partial charge in [0.15, 0.2) is 0 Å². The van der Waals surface area contributed by atoms with Gasteiger partial charge < -0.3 is 14.6 Å². The van der Waals surface area contributed by atoms with Crippen molar-refractivity contribution in [3.63, 3.8) is 0 Å². The van der Waals surface area contributed by atoms with E-state index in [2.05, 4.69) is 5.32 Å². The second-order valence-electron chi connectivity index (χ2n) is 5.95. The maximum Gasteiger partial charge on any atom is 0.338 e. The number of nitro benzene ring substituents is 1. The standard InChI is InChI=1S/C20H16FN3O5/c1-2-29-20(26)14-9-13(10-16(11-14)24(27)28)19(25)22-18-12-15(5-6-17(18)21)23-7-3-4-8-23/h3-12H,2H2,1H3,(H,22,25). The van der Waals surface area contributed by atoms with Crippen LogP contribution in [-0.2, 0) is 4.74 Å². The molecular formula is C20H16FN3O5. The Labute approximate surface area is 164 Å². The van der Waals surface area contributed by atoms with Crippen LogP contribution in [0.1, 0.15) is 27.6 Å². The van der Waals surface area contributed by atoms with Crippen LogP contribution in [-0.4, -0.2) is 28.0 Å². The van der Waals surface area contributed by atoms with Crippen molar-refractivity contribution in [3.05, 3.63) is 88.0 Å². The number of esters is 1. The first-order chi connectivity index (χ1) is 13.9. The Balaban J connectivity index is 1.93. The lowest BCUT2D eigenvalue weighted by atomic mass is 10.1. The van der Waals surface area contributed by atoms with Gasteiger partial charge in [-0.05, 0) is 43.3 Å². The Morgan fingerprint density at radius 1 is 1.14 bits per heavy atom. The molecule has 9 heteroatoms. The van der Waals surface area contributed by atoms with Crippen molar-refractivity contribution in [2.45, 2.75) is 6.92 Å². The number of nitrogens with one attached hydrogen (secondary N) is 1. The number of ether oxygens (including phenoxy) is 1. The molecule has 0 fully saturated rings. The number of carbonyl (C=O) groups is 2.